The molecule has 10 nitrogen and oxygen atoms in total. The van der Waals surface area contributed by atoms with Gasteiger partial charge in [-0.15, -0.1) is 0 Å². The Hall–Kier alpha value is -0.660. The second-order valence-corrected chi connectivity index (χ2v) is 16.1. The summed E-state index contributed by atoms with van der Waals surface area (Å²) in [5.74, 6) is -0.255. The maximum atomic E-state index is 12.7. The number of hydrogen-bond acceptors (Lipinski definition) is 10. The van der Waals surface area contributed by atoms with Gasteiger partial charge in [-0.25, -0.2) is 0 Å². The maximum Gasteiger partial charge on any atom is 0.186 e. The standard InChI is InChI=1S/C36H62O10/c1-19(21(3)17-37)9-10-20(2)22-15-23(38)32-34(22,4)14-12-27-35(5)13-11-25(29(40)28(35)24(39)16-36(27,32)41)46-33-31(44-8)30(43-7)26(42-6)18-45-33/h9-10,19-33,37-41H,11-18H2,1-8H3/b10-9+/t19-,20-,21-,22-,23+,24-,25+,26-,27-,28+,29+,30+,31-,32-,33+,34-,35-,36+/m1/s1. The van der Waals surface area contributed by atoms with Gasteiger partial charge in [0.15, 0.2) is 6.29 Å². The Morgan fingerprint density at radius 2 is 1.54 bits per heavy atom. The van der Waals surface area contributed by atoms with Crippen LogP contribution in [0.2, 0.25) is 0 Å². The predicted molar refractivity (Wildman–Crippen MR) is 172 cm³/mol. The molecule has 1 heterocycles. The van der Waals surface area contributed by atoms with Crippen molar-refractivity contribution < 1.29 is 49.2 Å². The van der Waals surface area contributed by atoms with E-state index in [1.165, 1.54) is 0 Å². The van der Waals surface area contributed by atoms with Crippen LogP contribution in [-0.2, 0) is 23.7 Å². The zero-order valence-electron chi connectivity index (χ0n) is 29.2. The van der Waals surface area contributed by atoms with Gasteiger partial charge in [0.25, 0.3) is 0 Å². The molecule has 18 atom stereocenters. The lowest BCUT2D eigenvalue weighted by atomic mass is 9.41. The molecular weight excluding hydrogens is 592 g/mol. The smallest absolute Gasteiger partial charge is 0.186 e. The van der Waals surface area contributed by atoms with Gasteiger partial charge in [0.05, 0.1) is 36.6 Å². The number of aliphatic hydroxyl groups is 5. The van der Waals surface area contributed by atoms with Crippen LogP contribution in [0.3, 0.4) is 0 Å². The fraction of sp³-hybridized carbons (Fsp3) is 0.944. The van der Waals surface area contributed by atoms with Crippen molar-refractivity contribution in [1.29, 1.82) is 0 Å². The third-order valence-corrected chi connectivity index (χ3v) is 13.9. The monoisotopic (exact) mass is 654 g/mol. The average Bonchev–Trinajstić information content (AvgIpc) is 3.30. The molecule has 0 aromatic rings. The van der Waals surface area contributed by atoms with Crippen molar-refractivity contribution in [3.05, 3.63) is 12.2 Å². The van der Waals surface area contributed by atoms with Gasteiger partial charge >= 0.3 is 0 Å². The molecule has 5 rings (SSSR count). The maximum absolute atomic E-state index is 12.7. The third kappa shape index (κ3) is 5.94. The topological polar surface area (TPSA) is 147 Å². The SMILES string of the molecule is CO[C@@H]1[C@@H](OC)[C@H](O[C@H]2CC[C@@]3(C)[C@H]([C@H]2O)[C@H](O)C[C@]2(O)[C@@H]3CC[C@]3(C)[C@@H]([C@H](C)/C=C/[C@@H](C)[C@H](C)CO)C[C@H](O)[C@H]32)OC[C@H]1OC. The predicted octanol–water partition coefficient (Wildman–Crippen LogP) is 2.92. The van der Waals surface area contributed by atoms with Crippen LogP contribution in [0.1, 0.15) is 73.1 Å². The van der Waals surface area contributed by atoms with E-state index in [4.69, 9.17) is 23.7 Å². The highest BCUT2D eigenvalue weighted by molar-refractivity contribution is 5.21. The minimum Gasteiger partial charge on any atom is -0.396 e. The van der Waals surface area contributed by atoms with Crippen molar-refractivity contribution in [3.8, 4) is 0 Å². The Bertz CT molecular complexity index is 1060. The quantitative estimate of drug-likeness (QED) is 0.176. The molecule has 1 saturated heterocycles. The number of ether oxygens (including phenoxy) is 5. The molecule has 0 aromatic heterocycles. The Balaban J connectivity index is 1.34. The molecule has 4 saturated carbocycles. The highest BCUT2D eigenvalue weighted by Crippen LogP contribution is 2.69. The molecule has 46 heavy (non-hydrogen) atoms. The first-order chi connectivity index (χ1) is 21.7. The summed E-state index contributed by atoms with van der Waals surface area (Å²) in [6, 6.07) is 0. The first kappa shape index (κ1) is 36.6. The van der Waals surface area contributed by atoms with Crippen LogP contribution >= 0.6 is 0 Å². The summed E-state index contributed by atoms with van der Waals surface area (Å²) < 4.78 is 29.3. The van der Waals surface area contributed by atoms with Crippen molar-refractivity contribution >= 4 is 0 Å². The van der Waals surface area contributed by atoms with Gasteiger partial charge in [-0.1, -0.05) is 46.8 Å². The number of aliphatic hydroxyl groups excluding tert-OH is 4. The van der Waals surface area contributed by atoms with E-state index in [1.807, 2.05) is 6.92 Å². The van der Waals surface area contributed by atoms with Crippen LogP contribution in [0.15, 0.2) is 12.2 Å². The van der Waals surface area contributed by atoms with Gasteiger partial charge < -0.3 is 49.2 Å². The van der Waals surface area contributed by atoms with Gasteiger partial charge in [-0.2, -0.15) is 0 Å². The van der Waals surface area contributed by atoms with E-state index in [-0.39, 0.29) is 66.7 Å². The molecular formula is C36H62O10. The van der Waals surface area contributed by atoms with Crippen LogP contribution in [0.5, 0.6) is 0 Å². The average molecular weight is 655 g/mol. The van der Waals surface area contributed by atoms with Crippen LogP contribution in [0, 0.1) is 52.3 Å². The lowest BCUT2D eigenvalue weighted by Gasteiger charge is -2.66. The number of methoxy groups -OCH3 is 3. The molecule has 0 bridgehead atoms. The molecule has 4 aliphatic carbocycles. The van der Waals surface area contributed by atoms with Gasteiger partial charge in [0, 0.05) is 46.2 Å². The molecule has 0 aromatic carbocycles. The summed E-state index contributed by atoms with van der Waals surface area (Å²) in [4.78, 5) is 0. The van der Waals surface area contributed by atoms with Gasteiger partial charge in [0.2, 0.25) is 0 Å². The summed E-state index contributed by atoms with van der Waals surface area (Å²) in [6.07, 6.45) is 2.73. The van der Waals surface area contributed by atoms with E-state index < -0.39 is 59.8 Å². The van der Waals surface area contributed by atoms with E-state index in [1.54, 1.807) is 21.3 Å². The molecule has 0 radical (unpaired) electrons. The summed E-state index contributed by atoms with van der Waals surface area (Å²) in [6.45, 7) is 11.1. The Labute approximate surface area is 275 Å². The summed E-state index contributed by atoms with van der Waals surface area (Å²) in [5.41, 5.74) is -2.10. The van der Waals surface area contributed by atoms with Gasteiger partial charge in [-0.3, -0.25) is 0 Å². The van der Waals surface area contributed by atoms with E-state index in [0.717, 1.165) is 12.8 Å². The van der Waals surface area contributed by atoms with Crippen molar-refractivity contribution in [2.75, 3.05) is 34.5 Å². The van der Waals surface area contributed by atoms with E-state index in [0.29, 0.717) is 19.3 Å². The number of allylic oxidation sites excluding steroid dienone is 2. The van der Waals surface area contributed by atoms with E-state index >= 15 is 0 Å². The molecule has 10 heteroatoms. The first-order valence-electron chi connectivity index (χ1n) is 17.6. The zero-order valence-corrected chi connectivity index (χ0v) is 29.2. The highest BCUT2D eigenvalue weighted by atomic mass is 16.7. The Morgan fingerprint density at radius 1 is 0.870 bits per heavy atom. The number of hydrogen-bond donors (Lipinski definition) is 5. The van der Waals surface area contributed by atoms with Crippen LogP contribution < -0.4 is 0 Å². The molecule has 0 amide bonds. The highest BCUT2D eigenvalue weighted by Gasteiger charge is 2.72. The van der Waals surface area contributed by atoms with Crippen molar-refractivity contribution in [2.24, 2.45) is 52.3 Å². The lowest BCUT2D eigenvalue weighted by Crippen LogP contribution is -2.71. The van der Waals surface area contributed by atoms with Gasteiger partial charge in [-0.05, 0) is 72.5 Å². The van der Waals surface area contributed by atoms with E-state index in [9.17, 15) is 25.5 Å². The molecule has 266 valence electrons. The van der Waals surface area contributed by atoms with Crippen molar-refractivity contribution in [1.82, 2.24) is 0 Å². The second kappa shape index (κ2) is 13.9. The van der Waals surface area contributed by atoms with Crippen LogP contribution in [0.25, 0.3) is 0 Å². The number of rotatable bonds is 10. The molecule has 0 unspecified atom stereocenters. The zero-order chi connectivity index (χ0) is 33.8. The normalized spacial score (nSPS) is 51.2. The minimum absolute atomic E-state index is 0.114. The molecule has 5 aliphatic rings. The first-order valence-corrected chi connectivity index (χ1v) is 17.6. The number of fused-ring (bicyclic) bond motifs is 5. The van der Waals surface area contributed by atoms with Crippen LogP contribution in [0.4, 0.5) is 0 Å². The Morgan fingerprint density at radius 3 is 2.17 bits per heavy atom. The minimum atomic E-state index is -1.25. The van der Waals surface area contributed by atoms with Crippen molar-refractivity contribution in [2.45, 2.75) is 128 Å². The second-order valence-electron chi connectivity index (χ2n) is 16.1. The Kier molecular flexibility index (Phi) is 11.1. The van der Waals surface area contributed by atoms with Crippen molar-refractivity contribution in [3.63, 3.8) is 0 Å². The molecule has 5 N–H and O–H groups in total. The van der Waals surface area contributed by atoms with Crippen LogP contribution in [-0.4, -0.2) is 115 Å². The fourth-order valence-electron chi connectivity index (χ4n) is 11.2. The fourth-order valence-corrected chi connectivity index (χ4v) is 11.2. The molecule has 0 spiro atoms. The molecule has 5 fully saturated rings. The lowest BCUT2D eigenvalue weighted by molar-refractivity contribution is -0.323. The molecule has 1 aliphatic heterocycles. The summed E-state index contributed by atoms with van der Waals surface area (Å²) in [7, 11) is 4.77. The summed E-state index contributed by atoms with van der Waals surface area (Å²) in [5, 5.41) is 57.7. The van der Waals surface area contributed by atoms with Gasteiger partial charge in [0.1, 0.15) is 18.3 Å². The summed E-state index contributed by atoms with van der Waals surface area (Å²) >= 11 is 0. The third-order valence-electron chi connectivity index (χ3n) is 13.9. The van der Waals surface area contributed by atoms with E-state index in [2.05, 4.69) is 39.8 Å². The largest absolute Gasteiger partial charge is 0.396 e.